The Morgan fingerprint density at radius 1 is 1.29 bits per heavy atom. The average molecular weight is 290 g/mol. The minimum atomic E-state index is -0.497. The molecule has 2 aliphatic heterocycles. The summed E-state index contributed by atoms with van der Waals surface area (Å²) in [5.41, 5.74) is 3.58. The molecule has 21 heavy (non-hydrogen) atoms. The number of hydrogen-bond acceptors (Lipinski definition) is 4. The number of hydrogen-bond donors (Lipinski definition) is 1. The Kier molecular flexibility index (Phi) is 3.63. The standard InChI is InChI=1S/C16H22N2O3/c1-16(2,3)21-15(19)17-18-13-10-20-9-12(13)14(18)11-7-5-4-6-8-11/h4-8,12-14H,9-10H2,1-3H3,(H,17,19)/t12-,13+,14+/m0/s1. The number of amides is 1. The molecule has 2 heterocycles. The second kappa shape index (κ2) is 5.31. The molecule has 1 aromatic rings. The lowest BCUT2D eigenvalue weighted by atomic mass is 9.80. The average Bonchev–Trinajstić information content (AvgIpc) is 2.79. The Bertz CT molecular complexity index is 512. The van der Waals surface area contributed by atoms with Crippen molar-refractivity contribution in [2.75, 3.05) is 13.2 Å². The topological polar surface area (TPSA) is 50.8 Å². The van der Waals surface area contributed by atoms with Crippen molar-refractivity contribution >= 4 is 6.09 Å². The van der Waals surface area contributed by atoms with Crippen LogP contribution >= 0.6 is 0 Å². The lowest BCUT2D eigenvalue weighted by molar-refractivity contribution is -0.0758. The number of carbonyl (C=O) groups is 1. The van der Waals surface area contributed by atoms with Crippen LogP contribution in [0.15, 0.2) is 30.3 Å². The van der Waals surface area contributed by atoms with Gasteiger partial charge in [-0.2, -0.15) is 0 Å². The van der Waals surface area contributed by atoms with Gasteiger partial charge in [0.1, 0.15) is 5.60 Å². The minimum Gasteiger partial charge on any atom is -0.443 e. The number of benzene rings is 1. The molecule has 0 spiro atoms. The normalized spacial score (nSPS) is 28.6. The van der Waals surface area contributed by atoms with Crippen LogP contribution < -0.4 is 5.43 Å². The van der Waals surface area contributed by atoms with Crippen LogP contribution in [0.25, 0.3) is 0 Å². The fourth-order valence-electron chi connectivity index (χ4n) is 3.08. The third-order valence-electron chi connectivity index (χ3n) is 3.92. The van der Waals surface area contributed by atoms with E-state index in [-0.39, 0.29) is 12.1 Å². The molecule has 2 fully saturated rings. The van der Waals surface area contributed by atoms with Crippen LogP contribution in [0, 0.1) is 5.92 Å². The first-order chi connectivity index (χ1) is 9.96. The quantitative estimate of drug-likeness (QED) is 0.909. The summed E-state index contributed by atoms with van der Waals surface area (Å²) >= 11 is 0. The van der Waals surface area contributed by atoms with Crippen LogP contribution in [0.3, 0.4) is 0 Å². The van der Waals surface area contributed by atoms with Crippen LogP contribution in [0.4, 0.5) is 4.79 Å². The van der Waals surface area contributed by atoms with Crippen molar-refractivity contribution < 1.29 is 14.3 Å². The Balaban J connectivity index is 1.72. The lowest BCUT2D eigenvalue weighted by Crippen LogP contribution is -2.64. The van der Waals surface area contributed by atoms with E-state index in [1.807, 2.05) is 44.0 Å². The van der Waals surface area contributed by atoms with Gasteiger partial charge in [0, 0.05) is 5.92 Å². The molecule has 1 aromatic carbocycles. The summed E-state index contributed by atoms with van der Waals surface area (Å²) in [5, 5.41) is 1.97. The zero-order chi connectivity index (χ0) is 15.0. The molecule has 3 atom stereocenters. The first-order valence-electron chi connectivity index (χ1n) is 7.36. The smallest absolute Gasteiger partial charge is 0.422 e. The number of carbonyl (C=O) groups excluding carboxylic acids is 1. The van der Waals surface area contributed by atoms with E-state index in [1.165, 1.54) is 5.56 Å². The summed E-state index contributed by atoms with van der Waals surface area (Å²) in [6.07, 6.45) is -0.409. The summed E-state index contributed by atoms with van der Waals surface area (Å²) in [6.45, 7) is 6.98. The molecule has 0 unspecified atom stereocenters. The van der Waals surface area contributed by atoms with E-state index in [1.54, 1.807) is 0 Å². The van der Waals surface area contributed by atoms with Crippen LogP contribution in [0.2, 0.25) is 0 Å². The number of ether oxygens (including phenoxy) is 2. The van der Waals surface area contributed by atoms with Gasteiger partial charge in [-0.1, -0.05) is 30.3 Å². The molecule has 5 heteroatoms. The fourth-order valence-corrected chi connectivity index (χ4v) is 3.08. The lowest BCUT2D eigenvalue weighted by Gasteiger charge is -2.50. The van der Waals surface area contributed by atoms with Gasteiger partial charge < -0.3 is 9.47 Å². The number of nitrogens with one attached hydrogen (secondary N) is 1. The van der Waals surface area contributed by atoms with Crippen molar-refractivity contribution in [2.45, 2.75) is 38.5 Å². The highest BCUT2D eigenvalue weighted by Gasteiger charge is 2.53. The van der Waals surface area contributed by atoms with E-state index in [9.17, 15) is 4.79 Å². The molecule has 0 bridgehead atoms. The molecular formula is C16H22N2O3. The second-order valence-electron chi connectivity index (χ2n) is 6.65. The van der Waals surface area contributed by atoms with Crippen molar-refractivity contribution in [1.82, 2.24) is 10.4 Å². The van der Waals surface area contributed by atoms with Gasteiger partial charge in [0.05, 0.1) is 25.3 Å². The van der Waals surface area contributed by atoms with Gasteiger partial charge in [-0.05, 0) is 26.3 Å². The highest BCUT2D eigenvalue weighted by molar-refractivity contribution is 5.67. The monoisotopic (exact) mass is 290 g/mol. The molecule has 2 aliphatic rings. The predicted octanol–water partition coefficient (Wildman–Crippen LogP) is 2.50. The van der Waals surface area contributed by atoms with Gasteiger partial charge in [-0.15, -0.1) is 0 Å². The summed E-state index contributed by atoms with van der Waals surface area (Å²) in [5.74, 6) is 0.433. The SMILES string of the molecule is CC(C)(C)OC(=O)NN1[C@@H]2COC[C@@H]2[C@H]1c1ccccc1. The Hall–Kier alpha value is -1.59. The number of hydrazine groups is 1. The fraction of sp³-hybridized carbons (Fsp3) is 0.562. The van der Waals surface area contributed by atoms with E-state index in [0.717, 1.165) is 6.61 Å². The Morgan fingerprint density at radius 3 is 2.67 bits per heavy atom. The van der Waals surface area contributed by atoms with Gasteiger partial charge in [0.15, 0.2) is 0 Å². The van der Waals surface area contributed by atoms with Gasteiger partial charge in [-0.25, -0.2) is 9.80 Å². The third kappa shape index (κ3) is 2.89. The molecule has 2 saturated heterocycles. The van der Waals surface area contributed by atoms with Crippen LogP contribution in [-0.2, 0) is 9.47 Å². The van der Waals surface area contributed by atoms with E-state index in [4.69, 9.17) is 9.47 Å². The molecule has 114 valence electrons. The Morgan fingerprint density at radius 2 is 2.00 bits per heavy atom. The first-order valence-corrected chi connectivity index (χ1v) is 7.36. The van der Waals surface area contributed by atoms with E-state index in [0.29, 0.717) is 12.5 Å². The number of fused-ring (bicyclic) bond motifs is 1. The van der Waals surface area contributed by atoms with Crippen molar-refractivity contribution in [3.05, 3.63) is 35.9 Å². The van der Waals surface area contributed by atoms with Crippen LogP contribution in [0.5, 0.6) is 0 Å². The summed E-state index contributed by atoms with van der Waals surface area (Å²) in [6, 6.07) is 10.6. The summed E-state index contributed by atoms with van der Waals surface area (Å²) in [7, 11) is 0. The second-order valence-corrected chi connectivity index (χ2v) is 6.65. The maximum absolute atomic E-state index is 12.0. The van der Waals surface area contributed by atoms with E-state index < -0.39 is 11.7 Å². The molecule has 3 rings (SSSR count). The van der Waals surface area contributed by atoms with Crippen molar-refractivity contribution in [2.24, 2.45) is 5.92 Å². The molecule has 0 aromatic heterocycles. The van der Waals surface area contributed by atoms with Crippen LogP contribution in [0.1, 0.15) is 32.4 Å². The van der Waals surface area contributed by atoms with Crippen molar-refractivity contribution in [3.63, 3.8) is 0 Å². The van der Waals surface area contributed by atoms with E-state index >= 15 is 0 Å². The zero-order valence-corrected chi connectivity index (χ0v) is 12.7. The molecule has 5 nitrogen and oxygen atoms in total. The van der Waals surface area contributed by atoms with Crippen molar-refractivity contribution in [1.29, 1.82) is 0 Å². The molecule has 0 aliphatic carbocycles. The largest absolute Gasteiger partial charge is 0.443 e. The maximum Gasteiger partial charge on any atom is 0.422 e. The summed E-state index contributed by atoms with van der Waals surface area (Å²) < 4.78 is 10.9. The number of nitrogens with zero attached hydrogens (tertiary/aromatic N) is 1. The highest BCUT2D eigenvalue weighted by atomic mass is 16.6. The molecule has 1 N–H and O–H groups in total. The number of rotatable bonds is 2. The molecule has 0 saturated carbocycles. The third-order valence-corrected chi connectivity index (χ3v) is 3.92. The molecule has 0 radical (unpaired) electrons. The highest BCUT2D eigenvalue weighted by Crippen LogP contribution is 2.45. The minimum absolute atomic E-state index is 0.159. The van der Waals surface area contributed by atoms with Gasteiger partial charge >= 0.3 is 6.09 Å². The van der Waals surface area contributed by atoms with Gasteiger partial charge in [0.2, 0.25) is 0 Å². The van der Waals surface area contributed by atoms with E-state index in [2.05, 4.69) is 17.6 Å². The maximum atomic E-state index is 12.0. The molecular weight excluding hydrogens is 268 g/mol. The molecule has 1 amide bonds. The first kappa shape index (κ1) is 14.4. The predicted molar refractivity (Wildman–Crippen MR) is 78.5 cm³/mol. The summed E-state index contributed by atoms with van der Waals surface area (Å²) in [4.78, 5) is 12.0. The van der Waals surface area contributed by atoms with Crippen LogP contribution in [-0.4, -0.2) is 36.0 Å². The van der Waals surface area contributed by atoms with Gasteiger partial charge in [0.25, 0.3) is 0 Å². The van der Waals surface area contributed by atoms with Crippen molar-refractivity contribution in [3.8, 4) is 0 Å². The Labute approximate surface area is 125 Å². The van der Waals surface area contributed by atoms with Gasteiger partial charge in [-0.3, -0.25) is 5.43 Å². The zero-order valence-electron chi connectivity index (χ0n) is 12.7.